The van der Waals surface area contributed by atoms with Crippen LogP contribution in [0.2, 0.25) is 0 Å². The van der Waals surface area contributed by atoms with Crippen molar-refractivity contribution >= 4 is 15.9 Å². The standard InChI is InChI=1S/C14H18BrNO/c1-4-8-17-14-7-6-13(15)9-12(14)10-16-11(3)5-2/h2,6-7,9,11,16H,4,8,10H2,1,3H3. The summed E-state index contributed by atoms with van der Waals surface area (Å²) in [6.45, 7) is 5.50. The maximum Gasteiger partial charge on any atom is 0.123 e. The van der Waals surface area contributed by atoms with E-state index in [2.05, 4.69) is 40.2 Å². The Morgan fingerprint density at radius 1 is 1.53 bits per heavy atom. The summed E-state index contributed by atoms with van der Waals surface area (Å²) < 4.78 is 6.74. The number of halogens is 1. The number of rotatable bonds is 6. The van der Waals surface area contributed by atoms with Crippen LogP contribution in [0, 0.1) is 12.3 Å². The molecule has 3 heteroatoms. The molecule has 0 bridgehead atoms. The van der Waals surface area contributed by atoms with E-state index in [4.69, 9.17) is 11.2 Å². The molecule has 1 N–H and O–H groups in total. The first-order valence-corrected chi connectivity index (χ1v) is 6.57. The minimum Gasteiger partial charge on any atom is -0.493 e. The fourth-order valence-corrected chi connectivity index (χ4v) is 1.77. The average Bonchev–Trinajstić information content (AvgIpc) is 2.34. The molecule has 92 valence electrons. The number of terminal acetylenes is 1. The van der Waals surface area contributed by atoms with Gasteiger partial charge in [-0.3, -0.25) is 5.32 Å². The van der Waals surface area contributed by atoms with Crippen LogP contribution in [0.3, 0.4) is 0 Å². The number of benzene rings is 1. The number of nitrogens with one attached hydrogen (secondary N) is 1. The number of hydrogen-bond donors (Lipinski definition) is 1. The molecule has 0 aliphatic heterocycles. The van der Waals surface area contributed by atoms with E-state index in [1.165, 1.54) is 0 Å². The van der Waals surface area contributed by atoms with Crippen molar-refractivity contribution in [2.45, 2.75) is 32.9 Å². The highest BCUT2D eigenvalue weighted by Gasteiger charge is 2.05. The van der Waals surface area contributed by atoms with E-state index in [0.717, 1.165) is 28.8 Å². The van der Waals surface area contributed by atoms with Gasteiger partial charge in [-0.2, -0.15) is 0 Å². The highest BCUT2D eigenvalue weighted by atomic mass is 79.9. The number of ether oxygens (including phenoxy) is 1. The first kappa shape index (κ1) is 14.1. The first-order chi connectivity index (χ1) is 8.17. The van der Waals surface area contributed by atoms with Gasteiger partial charge in [0.05, 0.1) is 12.6 Å². The Morgan fingerprint density at radius 3 is 2.94 bits per heavy atom. The topological polar surface area (TPSA) is 21.3 Å². The van der Waals surface area contributed by atoms with Crippen molar-refractivity contribution < 1.29 is 4.74 Å². The van der Waals surface area contributed by atoms with Crippen molar-refractivity contribution in [3.63, 3.8) is 0 Å². The molecule has 1 aromatic carbocycles. The Kier molecular flexibility index (Phi) is 6.10. The van der Waals surface area contributed by atoms with Gasteiger partial charge in [-0.1, -0.05) is 28.8 Å². The van der Waals surface area contributed by atoms with Crippen LogP contribution in [0.25, 0.3) is 0 Å². The molecule has 0 radical (unpaired) electrons. The highest BCUT2D eigenvalue weighted by molar-refractivity contribution is 9.10. The average molecular weight is 296 g/mol. The van der Waals surface area contributed by atoms with Gasteiger partial charge < -0.3 is 4.74 Å². The maximum absolute atomic E-state index is 5.69. The molecule has 1 atom stereocenters. The second-order valence-electron chi connectivity index (χ2n) is 3.87. The lowest BCUT2D eigenvalue weighted by Gasteiger charge is -2.13. The van der Waals surface area contributed by atoms with E-state index in [0.29, 0.717) is 6.54 Å². The van der Waals surface area contributed by atoms with E-state index < -0.39 is 0 Å². The van der Waals surface area contributed by atoms with Crippen molar-refractivity contribution in [2.24, 2.45) is 0 Å². The molecule has 0 saturated carbocycles. The van der Waals surface area contributed by atoms with Crippen molar-refractivity contribution in [3.05, 3.63) is 28.2 Å². The maximum atomic E-state index is 5.69. The molecule has 1 aromatic rings. The van der Waals surface area contributed by atoms with E-state index in [9.17, 15) is 0 Å². The minimum absolute atomic E-state index is 0.0630. The molecule has 0 saturated heterocycles. The minimum atomic E-state index is 0.0630. The fourth-order valence-electron chi connectivity index (χ4n) is 1.36. The monoisotopic (exact) mass is 295 g/mol. The smallest absolute Gasteiger partial charge is 0.123 e. The third-order valence-electron chi connectivity index (χ3n) is 2.33. The van der Waals surface area contributed by atoms with Crippen LogP contribution in [-0.4, -0.2) is 12.6 Å². The van der Waals surface area contributed by atoms with Gasteiger partial charge in [-0.15, -0.1) is 6.42 Å². The largest absolute Gasteiger partial charge is 0.493 e. The van der Waals surface area contributed by atoms with Crippen molar-refractivity contribution in [2.75, 3.05) is 6.61 Å². The Bertz CT molecular complexity index is 398. The van der Waals surface area contributed by atoms with Crippen LogP contribution >= 0.6 is 15.9 Å². The summed E-state index contributed by atoms with van der Waals surface area (Å²) in [5.74, 6) is 3.57. The van der Waals surface area contributed by atoms with Crippen LogP contribution < -0.4 is 10.1 Å². The molecule has 1 rings (SSSR count). The summed E-state index contributed by atoms with van der Waals surface area (Å²) in [5, 5.41) is 3.26. The van der Waals surface area contributed by atoms with E-state index in [1.807, 2.05) is 19.1 Å². The second kappa shape index (κ2) is 7.37. The lowest BCUT2D eigenvalue weighted by atomic mass is 10.2. The molecule has 0 aliphatic carbocycles. The summed E-state index contributed by atoms with van der Waals surface area (Å²) in [6, 6.07) is 6.09. The zero-order valence-corrected chi connectivity index (χ0v) is 11.9. The molecular weight excluding hydrogens is 278 g/mol. The molecule has 0 amide bonds. The van der Waals surface area contributed by atoms with Crippen molar-refractivity contribution in [1.29, 1.82) is 0 Å². The van der Waals surface area contributed by atoms with Crippen LogP contribution in [0.15, 0.2) is 22.7 Å². The Labute approximate surface area is 112 Å². The van der Waals surface area contributed by atoms with Gasteiger partial charge in [-0.25, -0.2) is 0 Å². The third-order valence-corrected chi connectivity index (χ3v) is 2.83. The first-order valence-electron chi connectivity index (χ1n) is 5.78. The fraction of sp³-hybridized carbons (Fsp3) is 0.429. The van der Waals surface area contributed by atoms with Crippen molar-refractivity contribution in [3.8, 4) is 18.1 Å². The van der Waals surface area contributed by atoms with E-state index in [1.54, 1.807) is 0 Å². The van der Waals surface area contributed by atoms with E-state index in [-0.39, 0.29) is 6.04 Å². The predicted molar refractivity (Wildman–Crippen MR) is 75.1 cm³/mol. The SMILES string of the molecule is C#CC(C)NCc1cc(Br)ccc1OCCC. The molecule has 0 aliphatic rings. The zero-order valence-electron chi connectivity index (χ0n) is 10.3. The molecule has 17 heavy (non-hydrogen) atoms. The molecule has 0 fully saturated rings. The molecule has 0 aromatic heterocycles. The van der Waals surface area contributed by atoms with Gasteiger partial charge >= 0.3 is 0 Å². The summed E-state index contributed by atoms with van der Waals surface area (Å²) in [5.41, 5.74) is 1.12. The Balaban J connectivity index is 2.73. The quantitative estimate of drug-likeness (QED) is 0.813. The molecular formula is C14H18BrNO. The van der Waals surface area contributed by atoms with Gasteiger partial charge in [-0.05, 0) is 31.5 Å². The second-order valence-corrected chi connectivity index (χ2v) is 4.79. The van der Waals surface area contributed by atoms with Gasteiger partial charge in [0.2, 0.25) is 0 Å². The van der Waals surface area contributed by atoms with Crippen LogP contribution in [0.5, 0.6) is 5.75 Å². The third kappa shape index (κ3) is 4.80. The van der Waals surface area contributed by atoms with Crippen LogP contribution in [0.4, 0.5) is 0 Å². The normalized spacial score (nSPS) is 11.9. The summed E-state index contributed by atoms with van der Waals surface area (Å²) in [6.07, 6.45) is 6.33. The molecule has 1 unspecified atom stereocenters. The zero-order chi connectivity index (χ0) is 12.7. The molecule has 0 spiro atoms. The molecule has 0 heterocycles. The summed E-state index contributed by atoms with van der Waals surface area (Å²) >= 11 is 3.46. The van der Waals surface area contributed by atoms with E-state index >= 15 is 0 Å². The van der Waals surface area contributed by atoms with Crippen LogP contribution in [0.1, 0.15) is 25.8 Å². The van der Waals surface area contributed by atoms with Gasteiger partial charge in [0, 0.05) is 16.6 Å². The Hall–Kier alpha value is -0.980. The molecule has 2 nitrogen and oxygen atoms in total. The van der Waals surface area contributed by atoms with Gasteiger partial charge in [0.25, 0.3) is 0 Å². The highest BCUT2D eigenvalue weighted by Crippen LogP contribution is 2.23. The lowest BCUT2D eigenvalue weighted by molar-refractivity contribution is 0.313. The Morgan fingerprint density at radius 2 is 2.29 bits per heavy atom. The summed E-state index contributed by atoms with van der Waals surface area (Å²) in [4.78, 5) is 0. The van der Waals surface area contributed by atoms with Crippen molar-refractivity contribution in [1.82, 2.24) is 5.32 Å². The predicted octanol–water partition coefficient (Wildman–Crippen LogP) is 3.35. The summed E-state index contributed by atoms with van der Waals surface area (Å²) in [7, 11) is 0. The lowest BCUT2D eigenvalue weighted by Crippen LogP contribution is -2.23. The van der Waals surface area contributed by atoms with Gasteiger partial charge in [0.15, 0.2) is 0 Å². The van der Waals surface area contributed by atoms with Crippen LogP contribution in [-0.2, 0) is 6.54 Å². The number of hydrogen-bond acceptors (Lipinski definition) is 2. The van der Waals surface area contributed by atoms with Gasteiger partial charge in [0.1, 0.15) is 5.75 Å².